The van der Waals surface area contributed by atoms with E-state index in [4.69, 9.17) is 11.5 Å². The highest BCUT2D eigenvalue weighted by Gasteiger charge is 2.25. The van der Waals surface area contributed by atoms with E-state index >= 15 is 0 Å². The summed E-state index contributed by atoms with van der Waals surface area (Å²) >= 11 is 0. The molecule has 0 bridgehead atoms. The third-order valence-corrected chi connectivity index (χ3v) is 2.67. The van der Waals surface area contributed by atoms with Gasteiger partial charge in [0.2, 0.25) is 11.9 Å². The number of nitrogens with one attached hydrogen (secondary N) is 1. The predicted molar refractivity (Wildman–Crippen MR) is 70.8 cm³/mol. The van der Waals surface area contributed by atoms with Crippen LogP contribution in [-0.2, 0) is 4.79 Å². The molecule has 0 aliphatic heterocycles. The minimum Gasteiger partial charge on any atom is -0.368 e. The number of nitrogen functional groups attached to an aromatic ring is 1. The standard InChI is InChI=1S/C12H15N5O/c1-12(2,10(13)18)17-9-7-5-3-4-6-8(7)15-11(14)16-9/h3-6H,1-2H3,(H2,13,18)(H3,14,15,16,17). The summed E-state index contributed by atoms with van der Waals surface area (Å²) in [5.41, 5.74) is 10.8. The largest absolute Gasteiger partial charge is 0.368 e. The summed E-state index contributed by atoms with van der Waals surface area (Å²) in [5, 5.41) is 3.79. The van der Waals surface area contributed by atoms with Crippen molar-refractivity contribution in [3.05, 3.63) is 24.3 Å². The molecule has 0 saturated carbocycles. The number of nitrogens with zero attached hydrogens (tertiary/aromatic N) is 2. The Bertz CT molecular complexity index is 608. The van der Waals surface area contributed by atoms with Gasteiger partial charge in [0.05, 0.1) is 5.52 Å². The van der Waals surface area contributed by atoms with E-state index in [1.165, 1.54) is 0 Å². The summed E-state index contributed by atoms with van der Waals surface area (Å²) < 4.78 is 0. The maximum absolute atomic E-state index is 11.3. The molecule has 1 amide bonds. The minimum atomic E-state index is -0.913. The number of anilines is 2. The quantitative estimate of drug-likeness (QED) is 0.744. The van der Waals surface area contributed by atoms with Gasteiger partial charge in [0.25, 0.3) is 0 Å². The van der Waals surface area contributed by atoms with Crippen molar-refractivity contribution in [2.45, 2.75) is 19.4 Å². The van der Waals surface area contributed by atoms with Crippen molar-refractivity contribution in [1.82, 2.24) is 9.97 Å². The minimum absolute atomic E-state index is 0.150. The van der Waals surface area contributed by atoms with Gasteiger partial charge in [-0.1, -0.05) is 12.1 Å². The summed E-state index contributed by atoms with van der Waals surface area (Å²) in [6, 6.07) is 7.41. The van der Waals surface area contributed by atoms with Crippen LogP contribution in [0.25, 0.3) is 10.9 Å². The molecule has 94 valence electrons. The number of aromatic nitrogens is 2. The molecule has 2 rings (SSSR count). The Labute approximate surface area is 104 Å². The van der Waals surface area contributed by atoms with Crippen molar-refractivity contribution >= 4 is 28.6 Å². The van der Waals surface area contributed by atoms with Gasteiger partial charge in [-0.3, -0.25) is 4.79 Å². The van der Waals surface area contributed by atoms with Crippen LogP contribution in [0.5, 0.6) is 0 Å². The molecule has 5 N–H and O–H groups in total. The van der Waals surface area contributed by atoms with E-state index in [0.29, 0.717) is 11.3 Å². The maximum Gasteiger partial charge on any atom is 0.242 e. The third-order valence-electron chi connectivity index (χ3n) is 2.67. The molecule has 1 aromatic heterocycles. The predicted octanol–water partition coefficient (Wildman–Crippen LogP) is 0.888. The Hall–Kier alpha value is -2.37. The lowest BCUT2D eigenvalue weighted by Crippen LogP contribution is -2.45. The number of amides is 1. The Kier molecular flexibility index (Phi) is 2.78. The number of primary amides is 1. The zero-order valence-corrected chi connectivity index (χ0v) is 10.3. The lowest BCUT2D eigenvalue weighted by atomic mass is 10.0. The number of hydrogen-bond donors (Lipinski definition) is 3. The topological polar surface area (TPSA) is 107 Å². The normalized spacial score (nSPS) is 11.4. The van der Waals surface area contributed by atoms with Crippen molar-refractivity contribution in [1.29, 1.82) is 0 Å². The van der Waals surface area contributed by atoms with Crippen LogP contribution in [0, 0.1) is 0 Å². The van der Waals surface area contributed by atoms with Crippen molar-refractivity contribution in [2.24, 2.45) is 5.73 Å². The van der Waals surface area contributed by atoms with Crippen LogP contribution in [0.1, 0.15) is 13.8 Å². The molecule has 1 aromatic carbocycles. The number of carbonyl (C=O) groups excluding carboxylic acids is 1. The van der Waals surface area contributed by atoms with E-state index in [1.807, 2.05) is 24.3 Å². The molecule has 2 aromatic rings. The monoisotopic (exact) mass is 245 g/mol. The number of rotatable bonds is 3. The second-order valence-electron chi connectivity index (χ2n) is 4.56. The molecule has 1 heterocycles. The fraction of sp³-hybridized carbons (Fsp3) is 0.250. The van der Waals surface area contributed by atoms with Gasteiger partial charge in [-0.2, -0.15) is 4.98 Å². The van der Waals surface area contributed by atoms with Crippen molar-refractivity contribution < 1.29 is 4.79 Å². The lowest BCUT2D eigenvalue weighted by Gasteiger charge is -2.23. The molecule has 0 aliphatic rings. The zero-order valence-electron chi connectivity index (χ0n) is 10.3. The van der Waals surface area contributed by atoms with E-state index in [1.54, 1.807) is 13.8 Å². The Morgan fingerprint density at radius 3 is 2.61 bits per heavy atom. The van der Waals surface area contributed by atoms with Gasteiger partial charge in [-0.05, 0) is 26.0 Å². The SMILES string of the molecule is CC(C)(Nc1nc(N)nc2ccccc12)C(N)=O. The van der Waals surface area contributed by atoms with Crippen molar-refractivity contribution in [3.8, 4) is 0 Å². The molecule has 0 unspecified atom stereocenters. The summed E-state index contributed by atoms with van der Waals surface area (Å²) in [7, 11) is 0. The second-order valence-corrected chi connectivity index (χ2v) is 4.56. The molecule has 18 heavy (non-hydrogen) atoms. The molecule has 0 saturated heterocycles. The molecule has 0 radical (unpaired) electrons. The average Bonchev–Trinajstić information content (AvgIpc) is 2.28. The zero-order chi connectivity index (χ0) is 13.3. The molecular formula is C12H15N5O. The van der Waals surface area contributed by atoms with Crippen LogP contribution in [0.2, 0.25) is 0 Å². The first kappa shape index (κ1) is 12.1. The van der Waals surface area contributed by atoms with Crippen LogP contribution in [0.4, 0.5) is 11.8 Å². The summed E-state index contributed by atoms with van der Waals surface area (Å²) in [5.74, 6) is 0.183. The van der Waals surface area contributed by atoms with Gasteiger partial charge in [0.15, 0.2) is 0 Å². The Morgan fingerprint density at radius 2 is 1.94 bits per heavy atom. The van der Waals surface area contributed by atoms with Crippen LogP contribution < -0.4 is 16.8 Å². The lowest BCUT2D eigenvalue weighted by molar-refractivity contribution is -0.121. The number of nitrogens with two attached hydrogens (primary N) is 2. The molecule has 6 heteroatoms. The van der Waals surface area contributed by atoms with Gasteiger partial charge >= 0.3 is 0 Å². The smallest absolute Gasteiger partial charge is 0.242 e. The fourth-order valence-electron chi connectivity index (χ4n) is 1.55. The first-order valence-corrected chi connectivity index (χ1v) is 5.50. The van der Waals surface area contributed by atoms with E-state index in [9.17, 15) is 4.79 Å². The summed E-state index contributed by atoms with van der Waals surface area (Å²) in [6.07, 6.45) is 0. The van der Waals surface area contributed by atoms with Gasteiger partial charge in [-0.25, -0.2) is 4.98 Å². The van der Waals surface area contributed by atoms with E-state index < -0.39 is 11.4 Å². The van der Waals surface area contributed by atoms with Crippen molar-refractivity contribution in [2.75, 3.05) is 11.1 Å². The number of hydrogen-bond acceptors (Lipinski definition) is 5. The molecule has 0 fully saturated rings. The summed E-state index contributed by atoms with van der Waals surface area (Å²) in [6.45, 7) is 3.37. The van der Waals surface area contributed by atoms with E-state index in [-0.39, 0.29) is 5.95 Å². The van der Waals surface area contributed by atoms with Crippen LogP contribution >= 0.6 is 0 Å². The first-order chi connectivity index (χ1) is 8.40. The fourth-order valence-corrected chi connectivity index (χ4v) is 1.55. The van der Waals surface area contributed by atoms with Gasteiger partial charge in [0, 0.05) is 5.39 Å². The van der Waals surface area contributed by atoms with E-state index in [2.05, 4.69) is 15.3 Å². The highest BCUT2D eigenvalue weighted by molar-refractivity contribution is 5.93. The van der Waals surface area contributed by atoms with Crippen LogP contribution in [-0.4, -0.2) is 21.4 Å². The maximum atomic E-state index is 11.3. The van der Waals surface area contributed by atoms with E-state index in [0.717, 1.165) is 5.39 Å². The van der Waals surface area contributed by atoms with Gasteiger partial charge < -0.3 is 16.8 Å². The van der Waals surface area contributed by atoms with Gasteiger partial charge in [0.1, 0.15) is 11.4 Å². The molecule has 6 nitrogen and oxygen atoms in total. The average molecular weight is 245 g/mol. The number of fused-ring (bicyclic) bond motifs is 1. The highest BCUT2D eigenvalue weighted by Crippen LogP contribution is 2.23. The Morgan fingerprint density at radius 1 is 1.28 bits per heavy atom. The van der Waals surface area contributed by atoms with Crippen LogP contribution in [0.3, 0.4) is 0 Å². The molecule has 0 aliphatic carbocycles. The first-order valence-electron chi connectivity index (χ1n) is 5.50. The number of carbonyl (C=O) groups is 1. The molecular weight excluding hydrogens is 230 g/mol. The molecule has 0 spiro atoms. The summed E-state index contributed by atoms with van der Waals surface area (Å²) in [4.78, 5) is 19.6. The van der Waals surface area contributed by atoms with Crippen LogP contribution in [0.15, 0.2) is 24.3 Å². The van der Waals surface area contributed by atoms with Crippen molar-refractivity contribution in [3.63, 3.8) is 0 Å². The number of benzene rings is 1. The van der Waals surface area contributed by atoms with Gasteiger partial charge in [-0.15, -0.1) is 0 Å². The highest BCUT2D eigenvalue weighted by atomic mass is 16.1. The Balaban J connectivity index is 2.54. The second kappa shape index (κ2) is 4.14. The third kappa shape index (κ3) is 2.17. The molecule has 0 atom stereocenters. The number of para-hydroxylation sites is 1.